The standard InChI is InChI=1S/C23H30N4O/c1-27(2)21-15-19(24-22(26-21)17-12-13-17)14-20(16-8-4-3-5-9-16)25-23(28)18-10-6-7-11-18/h3-5,8-9,15,17-18,20H,6-7,10-14H2,1-2H3,(H,25,28)/t20-/m0/s1. The molecule has 1 amide bonds. The molecule has 2 aliphatic rings. The lowest BCUT2D eigenvalue weighted by Crippen LogP contribution is -2.34. The molecule has 4 rings (SSSR count). The van der Waals surface area contributed by atoms with Gasteiger partial charge in [0.1, 0.15) is 11.6 Å². The van der Waals surface area contributed by atoms with Crippen LogP contribution in [0.3, 0.4) is 0 Å². The van der Waals surface area contributed by atoms with Gasteiger partial charge in [-0.15, -0.1) is 0 Å². The lowest BCUT2D eigenvalue weighted by Gasteiger charge is -2.22. The van der Waals surface area contributed by atoms with Crippen LogP contribution in [0, 0.1) is 5.92 Å². The summed E-state index contributed by atoms with van der Waals surface area (Å²) in [7, 11) is 4.03. The second kappa shape index (κ2) is 8.29. The SMILES string of the molecule is CN(C)c1cc(C[C@H](NC(=O)C2CCCC2)c2ccccc2)nc(C2CC2)n1. The molecule has 0 bridgehead atoms. The third-order valence-corrected chi connectivity index (χ3v) is 5.84. The molecular weight excluding hydrogens is 348 g/mol. The molecule has 148 valence electrons. The molecular formula is C23H30N4O. The maximum atomic E-state index is 12.8. The van der Waals surface area contributed by atoms with Crippen LogP contribution in [0.4, 0.5) is 5.82 Å². The summed E-state index contributed by atoms with van der Waals surface area (Å²) in [6, 6.07) is 12.3. The number of nitrogens with one attached hydrogen (secondary N) is 1. The number of carbonyl (C=O) groups excluding carboxylic acids is 1. The van der Waals surface area contributed by atoms with Crippen molar-refractivity contribution >= 4 is 11.7 Å². The lowest BCUT2D eigenvalue weighted by atomic mass is 9.99. The van der Waals surface area contributed by atoms with Crippen LogP contribution in [0.2, 0.25) is 0 Å². The summed E-state index contributed by atoms with van der Waals surface area (Å²) in [6.07, 6.45) is 7.39. The second-order valence-electron chi connectivity index (χ2n) is 8.40. The third kappa shape index (κ3) is 4.51. The van der Waals surface area contributed by atoms with Gasteiger partial charge in [0.2, 0.25) is 5.91 Å². The van der Waals surface area contributed by atoms with Gasteiger partial charge in [-0.25, -0.2) is 9.97 Å². The van der Waals surface area contributed by atoms with Gasteiger partial charge < -0.3 is 10.2 Å². The highest BCUT2D eigenvalue weighted by Crippen LogP contribution is 2.39. The Bertz CT molecular complexity index is 790. The molecule has 0 aliphatic heterocycles. The zero-order chi connectivity index (χ0) is 19.5. The molecule has 1 heterocycles. The lowest BCUT2D eigenvalue weighted by molar-refractivity contribution is -0.125. The minimum atomic E-state index is -0.0636. The van der Waals surface area contributed by atoms with Crippen molar-refractivity contribution < 1.29 is 4.79 Å². The van der Waals surface area contributed by atoms with E-state index in [1.165, 1.54) is 12.8 Å². The van der Waals surface area contributed by atoms with E-state index in [9.17, 15) is 4.79 Å². The van der Waals surface area contributed by atoms with Crippen LogP contribution in [0.1, 0.15) is 67.6 Å². The molecule has 2 saturated carbocycles. The minimum absolute atomic E-state index is 0.0636. The van der Waals surface area contributed by atoms with Crippen molar-refractivity contribution in [3.05, 3.63) is 53.5 Å². The predicted molar refractivity (Wildman–Crippen MR) is 111 cm³/mol. The van der Waals surface area contributed by atoms with Crippen molar-refractivity contribution in [1.29, 1.82) is 0 Å². The van der Waals surface area contributed by atoms with Crippen molar-refractivity contribution in [1.82, 2.24) is 15.3 Å². The van der Waals surface area contributed by atoms with Crippen LogP contribution in [-0.2, 0) is 11.2 Å². The Morgan fingerprint density at radius 2 is 1.82 bits per heavy atom. The Balaban J connectivity index is 1.59. The van der Waals surface area contributed by atoms with Gasteiger partial charge >= 0.3 is 0 Å². The first-order chi connectivity index (χ1) is 13.6. The molecule has 1 N–H and O–H groups in total. The zero-order valence-electron chi connectivity index (χ0n) is 16.9. The number of hydrogen-bond donors (Lipinski definition) is 1. The first-order valence-corrected chi connectivity index (χ1v) is 10.5. The first-order valence-electron chi connectivity index (χ1n) is 10.5. The van der Waals surface area contributed by atoms with Crippen molar-refractivity contribution in [2.24, 2.45) is 5.92 Å². The quantitative estimate of drug-likeness (QED) is 0.791. The van der Waals surface area contributed by atoms with Crippen LogP contribution >= 0.6 is 0 Å². The first kappa shape index (κ1) is 18.9. The fourth-order valence-corrected chi connectivity index (χ4v) is 3.99. The molecule has 5 heteroatoms. The highest BCUT2D eigenvalue weighted by atomic mass is 16.1. The Kier molecular flexibility index (Phi) is 5.60. The number of hydrogen-bond acceptors (Lipinski definition) is 4. The number of amides is 1. The molecule has 28 heavy (non-hydrogen) atoms. The number of rotatable bonds is 7. The van der Waals surface area contributed by atoms with E-state index in [2.05, 4.69) is 23.5 Å². The molecule has 0 unspecified atom stereocenters. The maximum Gasteiger partial charge on any atom is 0.223 e. The Morgan fingerprint density at radius 1 is 1.11 bits per heavy atom. The number of nitrogens with zero attached hydrogens (tertiary/aromatic N) is 3. The van der Waals surface area contributed by atoms with Crippen molar-refractivity contribution in [2.45, 2.75) is 56.9 Å². The van der Waals surface area contributed by atoms with Crippen LogP contribution in [-0.4, -0.2) is 30.0 Å². The van der Waals surface area contributed by atoms with E-state index in [-0.39, 0.29) is 17.9 Å². The van der Waals surface area contributed by atoms with Gasteiger partial charge in [-0.1, -0.05) is 43.2 Å². The molecule has 0 radical (unpaired) electrons. The van der Waals surface area contributed by atoms with Crippen molar-refractivity contribution in [3.8, 4) is 0 Å². The van der Waals surface area contributed by atoms with Crippen molar-refractivity contribution in [2.75, 3.05) is 19.0 Å². The largest absolute Gasteiger partial charge is 0.363 e. The van der Waals surface area contributed by atoms with Gasteiger partial charge in [0, 0.05) is 44.1 Å². The van der Waals surface area contributed by atoms with Crippen LogP contribution < -0.4 is 10.2 Å². The topological polar surface area (TPSA) is 58.1 Å². The summed E-state index contributed by atoms with van der Waals surface area (Å²) < 4.78 is 0. The van der Waals surface area contributed by atoms with Gasteiger partial charge in [0.15, 0.2) is 0 Å². The number of carbonyl (C=O) groups is 1. The molecule has 2 aliphatic carbocycles. The Morgan fingerprint density at radius 3 is 2.46 bits per heavy atom. The molecule has 0 spiro atoms. The predicted octanol–water partition coefficient (Wildman–Crippen LogP) is 4.01. The molecule has 2 fully saturated rings. The van der Waals surface area contributed by atoms with Gasteiger partial charge in [-0.2, -0.15) is 0 Å². The van der Waals surface area contributed by atoms with E-state index in [1.54, 1.807) is 0 Å². The molecule has 0 saturated heterocycles. The smallest absolute Gasteiger partial charge is 0.223 e. The van der Waals surface area contributed by atoms with Gasteiger partial charge in [-0.3, -0.25) is 4.79 Å². The summed E-state index contributed by atoms with van der Waals surface area (Å²) in [5.41, 5.74) is 2.13. The third-order valence-electron chi connectivity index (χ3n) is 5.84. The van der Waals surface area contributed by atoms with E-state index in [0.717, 1.165) is 48.6 Å². The Hall–Kier alpha value is -2.43. The average Bonchev–Trinajstić information content (AvgIpc) is 3.41. The van der Waals surface area contributed by atoms with E-state index >= 15 is 0 Å². The fourth-order valence-electron chi connectivity index (χ4n) is 3.99. The minimum Gasteiger partial charge on any atom is -0.363 e. The normalized spacial score (nSPS) is 18.1. The number of benzene rings is 1. The van der Waals surface area contributed by atoms with Crippen molar-refractivity contribution in [3.63, 3.8) is 0 Å². The second-order valence-corrected chi connectivity index (χ2v) is 8.40. The molecule has 1 aromatic carbocycles. The van der Waals surface area contributed by atoms with Gasteiger partial charge in [0.05, 0.1) is 6.04 Å². The monoisotopic (exact) mass is 378 g/mol. The Labute approximate surface area is 167 Å². The number of aromatic nitrogens is 2. The van der Waals surface area contributed by atoms with Gasteiger partial charge in [-0.05, 0) is 31.2 Å². The highest BCUT2D eigenvalue weighted by molar-refractivity contribution is 5.79. The average molecular weight is 379 g/mol. The highest BCUT2D eigenvalue weighted by Gasteiger charge is 2.29. The summed E-state index contributed by atoms with van der Waals surface area (Å²) in [4.78, 5) is 24.4. The molecule has 1 atom stereocenters. The molecule has 1 aromatic heterocycles. The summed E-state index contributed by atoms with van der Waals surface area (Å²) in [5, 5.41) is 3.32. The van der Waals surface area contributed by atoms with E-state index in [4.69, 9.17) is 9.97 Å². The maximum absolute atomic E-state index is 12.8. The fraction of sp³-hybridized carbons (Fsp3) is 0.522. The van der Waals surface area contributed by atoms with Crippen LogP contribution in [0.25, 0.3) is 0 Å². The summed E-state index contributed by atoms with van der Waals surface area (Å²) in [6.45, 7) is 0. The zero-order valence-corrected chi connectivity index (χ0v) is 16.9. The summed E-state index contributed by atoms with van der Waals surface area (Å²) >= 11 is 0. The van der Waals surface area contributed by atoms with Gasteiger partial charge in [0.25, 0.3) is 0 Å². The molecule has 2 aromatic rings. The van der Waals surface area contributed by atoms with E-state index < -0.39 is 0 Å². The van der Waals surface area contributed by atoms with Crippen LogP contribution in [0.5, 0.6) is 0 Å². The summed E-state index contributed by atoms with van der Waals surface area (Å²) in [5.74, 6) is 2.75. The molecule has 5 nitrogen and oxygen atoms in total. The van der Waals surface area contributed by atoms with Crippen LogP contribution in [0.15, 0.2) is 36.4 Å². The van der Waals surface area contributed by atoms with E-state index in [1.807, 2.05) is 37.2 Å². The number of anilines is 1. The van der Waals surface area contributed by atoms with E-state index in [0.29, 0.717) is 12.3 Å².